The van der Waals surface area contributed by atoms with E-state index in [4.69, 9.17) is 0 Å². The molecule has 0 fully saturated rings. The number of rotatable bonds is 4. The molecule has 4 aromatic rings. The Hall–Kier alpha value is -3.48. The maximum Gasteiger partial charge on any atom is 0.182 e. The van der Waals surface area contributed by atoms with Gasteiger partial charge in [0.15, 0.2) is 11.6 Å². The van der Waals surface area contributed by atoms with E-state index in [-0.39, 0.29) is 5.82 Å². The van der Waals surface area contributed by atoms with Gasteiger partial charge in [0.25, 0.3) is 0 Å². The molecular formula is C17H13FN6. The van der Waals surface area contributed by atoms with Crippen LogP contribution in [0.3, 0.4) is 0 Å². The number of benzene rings is 1. The van der Waals surface area contributed by atoms with E-state index < -0.39 is 0 Å². The Kier molecular flexibility index (Phi) is 3.31. The lowest BCUT2D eigenvalue weighted by molar-refractivity contribution is 0.627. The molecule has 1 aromatic carbocycles. The monoisotopic (exact) mass is 320 g/mol. The first-order valence-corrected chi connectivity index (χ1v) is 7.28. The summed E-state index contributed by atoms with van der Waals surface area (Å²) >= 11 is 0. The molecular weight excluding hydrogens is 307 g/mol. The average Bonchev–Trinajstić information content (AvgIpc) is 3.26. The summed E-state index contributed by atoms with van der Waals surface area (Å²) in [7, 11) is 0. The number of hydrogen-bond donors (Lipinski definition) is 2. The molecule has 0 aliphatic carbocycles. The maximum atomic E-state index is 13.1. The van der Waals surface area contributed by atoms with E-state index >= 15 is 0 Å². The summed E-state index contributed by atoms with van der Waals surface area (Å²) in [5.41, 5.74) is 2.19. The molecule has 0 aliphatic heterocycles. The second-order valence-corrected chi connectivity index (χ2v) is 5.20. The van der Waals surface area contributed by atoms with Crippen molar-refractivity contribution in [1.82, 2.24) is 24.8 Å². The third-order valence-corrected chi connectivity index (χ3v) is 3.61. The highest BCUT2D eigenvalue weighted by atomic mass is 19.1. The number of halogens is 1. The average molecular weight is 320 g/mol. The fraction of sp³-hybridized carbons (Fsp3) is 0. The predicted octanol–water partition coefficient (Wildman–Crippen LogP) is 3.40. The van der Waals surface area contributed by atoms with Gasteiger partial charge >= 0.3 is 0 Å². The highest BCUT2D eigenvalue weighted by molar-refractivity contribution is 5.78. The van der Waals surface area contributed by atoms with E-state index in [2.05, 4.69) is 32.2 Å². The van der Waals surface area contributed by atoms with Crippen LogP contribution in [0.1, 0.15) is 11.4 Å². The number of aromatic nitrogens is 5. The molecule has 3 heterocycles. The van der Waals surface area contributed by atoms with Crippen LogP contribution >= 0.6 is 0 Å². The zero-order chi connectivity index (χ0) is 16.5. The Labute approximate surface area is 136 Å². The smallest absolute Gasteiger partial charge is 0.182 e. The van der Waals surface area contributed by atoms with Gasteiger partial charge in [-0.05, 0) is 29.8 Å². The Balaban J connectivity index is 1.78. The summed E-state index contributed by atoms with van der Waals surface area (Å²) in [5, 5.41) is 14.4. The van der Waals surface area contributed by atoms with E-state index in [0.29, 0.717) is 17.2 Å². The molecule has 6 nitrogen and oxygen atoms in total. The van der Waals surface area contributed by atoms with Gasteiger partial charge in [-0.2, -0.15) is 5.10 Å². The van der Waals surface area contributed by atoms with Gasteiger partial charge < -0.3 is 5.32 Å². The molecule has 0 spiro atoms. The third-order valence-electron chi connectivity index (χ3n) is 3.61. The number of fused-ring (bicyclic) bond motifs is 1. The van der Waals surface area contributed by atoms with Crippen molar-refractivity contribution in [2.45, 2.75) is 0 Å². The topological polar surface area (TPSA) is 70.9 Å². The first-order valence-electron chi connectivity index (χ1n) is 7.28. The minimum atomic E-state index is -0.296. The van der Waals surface area contributed by atoms with E-state index in [1.165, 1.54) is 12.1 Å². The molecule has 0 bridgehead atoms. The van der Waals surface area contributed by atoms with Gasteiger partial charge in [0.1, 0.15) is 17.2 Å². The van der Waals surface area contributed by atoms with Crippen molar-refractivity contribution in [2.75, 3.05) is 5.32 Å². The van der Waals surface area contributed by atoms with Crippen molar-refractivity contribution in [3.8, 4) is 0 Å². The molecule has 0 radical (unpaired) electrons. The number of nitrogens with zero attached hydrogens (tertiary/aromatic N) is 4. The number of anilines is 2. The van der Waals surface area contributed by atoms with Crippen LogP contribution in [0.25, 0.3) is 11.1 Å². The summed E-state index contributed by atoms with van der Waals surface area (Å²) in [5.74, 6) is 1.50. The fourth-order valence-corrected chi connectivity index (χ4v) is 2.39. The molecule has 118 valence electrons. The van der Waals surface area contributed by atoms with Crippen LogP contribution < -0.4 is 5.32 Å². The largest absolute Gasteiger partial charge is 0.323 e. The number of H-pyrrole nitrogens is 1. The molecule has 3 aromatic heterocycles. The van der Waals surface area contributed by atoms with E-state index in [1.807, 2.05) is 18.3 Å². The lowest BCUT2D eigenvalue weighted by atomic mass is 10.1. The zero-order valence-corrected chi connectivity index (χ0v) is 12.6. The SMILES string of the molecule is C=C(c1ccc(F)cc1)c1nc(Nc2ccn[nH]2)c2cccn2n1. The minimum absolute atomic E-state index is 0.296. The van der Waals surface area contributed by atoms with Gasteiger partial charge in [0.2, 0.25) is 0 Å². The van der Waals surface area contributed by atoms with Crippen molar-refractivity contribution in [3.63, 3.8) is 0 Å². The van der Waals surface area contributed by atoms with Crippen LogP contribution in [0.15, 0.2) is 61.4 Å². The van der Waals surface area contributed by atoms with Gasteiger partial charge in [-0.15, -0.1) is 5.10 Å². The van der Waals surface area contributed by atoms with Gasteiger partial charge in [-0.3, -0.25) is 5.10 Å². The summed E-state index contributed by atoms with van der Waals surface area (Å²) in [6.45, 7) is 4.05. The quantitative estimate of drug-likeness (QED) is 0.604. The van der Waals surface area contributed by atoms with Crippen LogP contribution in [-0.4, -0.2) is 24.8 Å². The first-order chi connectivity index (χ1) is 11.7. The normalized spacial score (nSPS) is 10.9. The highest BCUT2D eigenvalue weighted by Crippen LogP contribution is 2.23. The van der Waals surface area contributed by atoms with E-state index in [0.717, 1.165) is 16.9 Å². The Morgan fingerprint density at radius 1 is 1.17 bits per heavy atom. The van der Waals surface area contributed by atoms with Gasteiger partial charge in [0, 0.05) is 17.8 Å². The van der Waals surface area contributed by atoms with Crippen LogP contribution in [0.4, 0.5) is 16.0 Å². The van der Waals surface area contributed by atoms with E-state index in [1.54, 1.807) is 28.9 Å². The van der Waals surface area contributed by atoms with Gasteiger partial charge in [0.05, 0.1) is 6.20 Å². The number of nitrogens with one attached hydrogen (secondary N) is 2. The first kappa shape index (κ1) is 14.1. The Morgan fingerprint density at radius 3 is 2.75 bits per heavy atom. The second-order valence-electron chi connectivity index (χ2n) is 5.20. The highest BCUT2D eigenvalue weighted by Gasteiger charge is 2.12. The molecule has 4 rings (SSSR count). The number of aromatic amines is 1. The summed E-state index contributed by atoms with van der Waals surface area (Å²) in [4.78, 5) is 4.56. The molecule has 0 saturated heterocycles. The van der Waals surface area contributed by atoms with Gasteiger partial charge in [-0.1, -0.05) is 18.7 Å². The molecule has 0 amide bonds. The molecule has 7 heteroatoms. The predicted molar refractivity (Wildman–Crippen MR) is 89.4 cm³/mol. The molecule has 0 unspecified atom stereocenters. The van der Waals surface area contributed by atoms with Crippen molar-refractivity contribution in [1.29, 1.82) is 0 Å². The van der Waals surface area contributed by atoms with Crippen molar-refractivity contribution in [3.05, 3.63) is 78.6 Å². The molecule has 24 heavy (non-hydrogen) atoms. The third kappa shape index (κ3) is 2.52. The van der Waals surface area contributed by atoms with Crippen LogP contribution in [0.5, 0.6) is 0 Å². The maximum absolute atomic E-state index is 13.1. The molecule has 2 N–H and O–H groups in total. The molecule has 0 atom stereocenters. The Bertz CT molecular complexity index is 1000. The van der Waals surface area contributed by atoms with Crippen molar-refractivity contribution in [2.24, 2.45) is 0 Å². The van der Waals surface area contributed by atoms with E-state index in [9.17, 15) is 4.39 Å². The van der Waals surface area contributed by atoms with Crippen LogP contribution in [0.2, 0.25) is 0 Å². The fourth-order valence-electron chi connectivity index (χ4n) is 2.39. The van der Waals surface area contributed by atoms with Crippen molar-refractivity contribution >= 4 is 22.7 Å². The van der Waals surface area contributed by atoms with Crippen LogP contribution in [0, 0.1) is 5.82 Å². The lowest BCUT2D eigenvalue weighted by Gasteiger charge is -2.10. The lowest BCUT2D eigenvalue weighted by Crippen LogP contribution is -2.06. The molecule has 0 saturated carbocycles. The van der Waals surface area contributed by atoms with Crippen molar-refractivity contribution < 1.29 is 4.39 Å². The van der Waals surface area contributed by atoms with Gasteiger partial charge in [-0.25, -0.2) is 13.9 Å². The summed E-state index contributed by atoms with van der Waals surface area (Å²) in [6.07, 6.45) is 3.48. The Morgan fingerprint density at radius 2 is 2.00 bits per heavy atom. The zero-order valence-electron chi connectivity index (χ0n) is 12.6. The summed E-state index contributed by atoms with van der Waals surface area (Å²) in [6, 6.07) is 11.7. The van der Waals surface area contributed by atoms with Crippen LogP contribution in [-0.2, 0) is 0 Å². The standard InChI is InChI=1S/C17H13FN6/c1-11(12-4-6-13(18)7-5-12)16-21-17(20-15-8-9-19-22-15)14-3-2-10-24(14)23-16/h2-10H,1H2,(H2,19,20,21,22,23). The number of hydrogen-bond acceptors (Lipinski definition) is 4. The summed E-state index contributed by atoms with van der Waals surface area (Å²) < 4.78 is 14.8. The minimum Gasteiger partial charge on any atom is -0.323 e. The molecule has 0 aliphatic rings. The second kappa shape index (κ2) is 5.62.